The lowest BCUT2D eigenvalue weighted by molar-refractivity contribution is -0.116. The third kappa shape index (κ3) is 4.99. The van der Waals surface area contributed by atoms with Crippen molar-refractivity contribution in [2.45, 2.75) is 25.8 Å². The van der Waals surface area contributed by atoms with Crippen molar-refractivity contribution in [3.63, 3.8) is 0 Å². The summed E-state index contributed by atoms with van der Waals surface area (Å²) < 4.78 is 11.1. The Labute approximate surface area is 154 Å². The predicted molar refractivity (Wildman–Crippen MR) is 103 cm³/mol. The van der Waals surface area contributed by atoms with Gasteiger partial charge in [0.1, 0.15) is 11.5 Å². The maximum absolute atomic E-state index is 11.4. The molecule has 1 aliphatic heterocycles. The molecule has 138 valence electrons. The number of aryl methyl sites for hydroxylation is 1. The van der Waals surface area contributed by atoms with E-state index in [1.54, 1.807) is 7.11 Å². The molecule has 2 aromatic carbocycles. The molecule has 2 aromatic rings. The minimum atomic E-state index is 0.0889. The first-order valence-corrected chi connectivity index (χ1v) is 9.01. The average molecular weight is 354 g/mol. The number of hydrogen-bond donors (Lipinski definition) is 1. The molecule has 0 aliphatic carbocycles. The molecule has 0 spiro atoms. The second-order valence-electron chi connectivity index (χ2n) is 6.66. The van der Waals surface area contributed by atoms with E-state index < -0.39 is 0 Å². The first-order valence-electron chi connectivity index (χ1n) is 9.01. The number of anilines is 1. The summed E-state index contributed by atoms with van der Waals surface area (Å²) >= 11 is 0. The molecule has 1 aliphatic rings. The van der Waals surface area contributed by atoms with Crippen LogP contribution in [0.15, 0.2) is 42.5 Å². The number of nitrogens with one attached hydrogen (secondary N) is 1. The predicted octanol–water partition coefficient (Wildman–Crippen LogP) is 3.48. The molecule has 0 saturated heterocycles. The summed E-state index contributed by atoms with van der Waals surface area (Å²) in [6.45, 7) is 2.55. The molecule has 5 nitrogen and oxygen atoms in total. The van der Waals surface area contributed by atoms with Crippen LogP contribution in [0, 0.1) is 0 Å². The number of methoxy groups -OCH3 is 1. The van der Waals surface area contributed by atoms with Gasteiger partial charge in [-0.05, 0) is 61.3 Å². The molecular weight excluding hydrogens is 328 g/mol. The number of carbonyl (C=O) groups excluding carboxylic acids is 1. The van der Waals surface area contributed by atoms with Gasteiger partial charge in [-0.1, -0.05) is 12.1 Å². The van der Waals surface area contributed by atoms with Crippen LogP contribution in [0.2, 0.25) is 0 Å². The summed E-state index contributed by atoms with van der Waals surface area (Å²) in [7, 11) is 3.80. The first kappa shape index (κ1) is 18.3. The molecule has 0 atom stereocenters. The van der Waals surface area contributed by atoms with Crippen LogP contribution in [0.3, 0.4) is 0 Å². The van der Waals surface area contributed by atoms with Gasteiger partial charge in [0.05, 0.1) is 13.7 Å². The Hall–Kier alpha value is -2.53. The van der Waals surface area contributed by atoms with Crippen LogP contribution in [0.4, 0.5) is 5.69 Å². The molecule has 1 heterocycles. The molecule has 0 bridgehead atoms. The van der Waals surface area contributed by atoms with Crippen molar-refractivity contribution in [2.24, 2.45) is 0 Å². The summed E-state index contributed by atoms with van der Waals surface area (Å²) in [5.41, 5.74) is 3.33. The van der Waals surface area contributed by atoms with Crippen LogP contribution in [-0.4, -0.2) is 38.1 Å². The Balaban J connectivity index is 1.40. The molecular formula is C21H26N2O3. The van der Waals surface area contributed by atoms with Crippen molar-refractivity contribution in [1.82, 2.24) is 4.90 Å². The van der Waals surface area contributed by atoms with E-state index in [4.69, 9.17) is 9.47 Å². The molecule has 3 rings (SSSR count). The van der Waals surface area contributed by atoms with Gasteiger partial charge in [-0.25, -0.2) is 0 Å². The number of fused-ring (bicyclic) bond motifs is 1. The Morgan fingerprint density at radius 3 is 2.62 bits per heavy atom. The van der Waals surface area contributed by atoms with Gasteiger partial charge in [0.25, 0.3) is 0 Å². The van der Waals surface area contributed by atoms with Crippen LogP contribution in [0.5, 0.6) is 11.5 Å². The van der Waals surface area contributed by atoms with Crippen LogP contribution < -0.4 is 14.8 Å². The lowest BCUT2D eigenvalue weighted by atomic mass is 10.0. The van der Waals surface area contributed by atoms with E-state index in [0.717, 1.165) is 48.7 Å². The second-order valence-corrected chi connectivity index (χ2v) is 6.66. The number of nitrogens with zero attached hydrogens (tertiary/aromatic N) is 1. The number of ether oxygens (including phenoxy) is 2. The third-order valence-electron chi connectivity index (χ3n) is 4.54. The fraction of sp³-hybridized carbons (Fsp3) is 0.381. The number of benzene rings is 2. The molecule has 5 heteroatoms. The third-order valence-corrected chi connectivity index (χ3v) is 4.54. The quantitative estimate of drug-likeness (QED) is 0.738. The van der Waals surface area contributed by atoms with Crippen LogP contribution >= 0.6 is 0 Å². The van der Waals surface area contributed by atoms with Gasteiger partial charge in [0.15, 0.2) is 0 Å². The van der Waals surface area contributed by atoms with Gasteiger partial charge in [0, 0.05) is 25.2 Å². The smallest absolute Gasteiger partial charge is 0.224 e. The topological polar surface area (TPSA) is 50.8 Å². The van der Waals surface area contributed by atoms with Crippen LogP contribution in [0.25, 0.3) is 0 Å². The highest BCUT2D eigenvalue weighted by molar-refractivity contribution is 5.93. The number of amides is 1. The highest BCUT2D eigenvalue weighted by Gasteiger charge is 2.14. The van der Waals surface area contributed by atoms with Crippen LogP contribution in [0.1, 0.15) is 24.0 Å². The summed E-state index contributed by atoms with van der Waals surface area (Å²) in [5.74, 6) is 1.85. The normalized spacial score (nSPS) is 13.3. The Morgan fingerprint density at radius 2 is 1.85 bits per heavy atom. The van der Waals surface area contributed by atoms with Crippen molar-refractivity contribution < 1.29 is 14.3 Å². The van der Waals surface area contributed by atoms with E-state index in [0.29, 0.717) is 13.0 Å². The second kappa shape index (κ2) is 8.72. The van der Waals surface area contributed by atoms with Gasteiger partial charge in [-0.3, -0.25) is 4.79 Å². The fourth-order valence-electron chi connectivity index (χ4n) is 3.10. The molecule has 0 fully saturated rings. The van der Waals surface area contributed by atoms with Gasteiger partial charge in [-0.2, -0.15) is 0 Å². The van der Waals surface area contributed by atoms with E-state index in [2.05, 4.69) is 29.4 Å². The maximum Gasteiger partial charge on any atom is 0.224 e. The highest BCUT2D eigenvalue weighted by Crippen LogP contribution is 2.26. The van der Waals surface area contributed by atoms with Gasteiger partial charge in [0.2, 0.25) is 5.91 Å². The van der Waals surface area contributed by atoms with Gasteiger partial charge < -0.3 is 19.7 Å². The van der Waals surface area contributed by atoms with Crippen molar-refractivity contribution in [2.75, 3.05) is 32.6 Å². The molecule has 0 radical (unpaired) electrons. The minimum Gasteiger partial charge on any atom is -0.497 e. The van der Waals surface area contributed by atoms with E-state index in [9.17, 15) is 4.79 Å². The average Bonchev–Trinajstić information content (AvgIpc) is 2.66. The number of carbonyl (C=O) groups is 1. The number of rotatable bonds is 8. The zero-order chi connectivity index (χ0) is 18.4. The van der Waals surface area contributed by atoms with E-state index in [1.807, 2.05) is 30.3 Å². The molecule has 1 N–H and O–H groups in total. The molecule has 0 unspecified atom stereocenters. The number of hydrogen-bond acceptors (Lipinski definition) is 4. The lowest BCUT2D eigenvalue weighted by Crippen LogP contribution is -2.21. The summed E-state index contributed by atoms with van der Waals surface area (Å²) in [4.78, 5) is 13.7. The van der Waals surface area contributed by atoms with E-state index >= 15 is 0 Å². The fourth-order valence-corrected chi connectivity index (χ4v) is 3.10. The van der Waals surface area contributed by atoms with Crippen molar-refractivity contribution in [3.05, 3.63) is 53.6 Å². The van der Waals surface area contributed by atoms with Gasteiger partial charge in [-0.15, -0.1) is 0 Å². The molecule has 0 aromatic heterocycles. The standard InChI is InChI=1S/C21H26N2O3/c1-23(15-16-4-7-18(25-2)8-5-16)12-3-13-26-19-9-10-20-17(14-19)6-11-21(24)22-20/h4-5,7-10,14H,3,6,11-13,15H2,1-2H3,(H,22,24). The Kier molecular flexibility index (Phi) is 6.12. The Morgan fingerprint density at radius 1 is 1.08 bits per heavy atom. The van der Waals surface area contributed by atoms with Crippen molar-refractivity contribution >= 4 is 11.6 Å². The zero-order valence-electron chi connectivity index (χ0n) is 15.5. The van der Waals surface area contributed by atoms with Crippen LogP contribution in [-0.2, 0) is 17.8 Å². The van der Waals surface area contributed by atoms with Crippen molar-refractivity contribution in [1.29, 1.82) is 0 Å². The largest absolute Gasteiger partial charge is 0.497 e. The van der Waals surface area contributed by atoms with Crippen molar-refractivity contribution in [3.8, 4) is 11.5 Å². The first-order chi connectivity index (χ1) is 12.6. The maximum atomic E-state index is 11.4. The monoisotopic (exact) mass is 354 g/mol. The molecule has 1 amide bonds. The zero-order valence-corrected chi connectivity index (χ0v) is 15.5. The SMILES string of the molecule is COc1ccc(CN(C)CCCOc2ccc3c(c2)CCC(=O)N3)cc1. The van der Waals surface area contributed by atoms with E-state index in [1.165, 1.54) is 5.56 Å². The summed E-state index contributed by atoms with van der Waals surface area (Å²) in [6.07, 6.45) is 2.29. The molecule has 0 saturated carbocycles. The van der Waals surface area contributed by atoms with Gasteiger partial charge >= 0.3 is 0 Å². The minimum absolute atomic E-state index is 0.0889. The van der Waals surface area contributed by atoms with E-state index in [-0.39, 0.29) is 5.91 Å². The molecule has 26 heavy (non-hydrogen) atoms. The summed E-state index contributed by atoms with van der Waals surface area (Å²) in [6, 6.07) is 14.1. The summed E-state index contributed by atoms with van der Waals surface area (Å²) in [5, 5.41) is 2.89. The lowest BCUT2D eigenvalue weighted by Gasteiger charge is -2.19. The Bertz CT molecular complexity index is 743. The highest BCUT2D eigenvalue weighted by atomic mass is 16.5.